The first-order valence-electron chi connectivity index (χ1n) is 13.7. The molecule has 2 nitrogen and oxygen atoms in total. The smallest absolute Gasteiger partial charge is 0.303 e. The van der Waals surface area contributed by atoms with E-state index < -0.39 is 5.97 Å². The Labute approximate surface area is 190 Å². The van der Waals surface area contributed by atoms with Crippen molar-refractivity contribution < 1.29 is 9.90 Å². The Balaban J connectivity index is 4.26. The van der Waals surface area contributed by atoms with Crippen LogP contribution in [0.5, 0.6) is 0 Å². The number of aliphatic carboxylic acids is 1. The van der Waals surface area contributed by atoms with Gasteiger partial charge in [0.25, 0.3) is 0 Å². The predicted molar refractivity (Wildman–Crippen MR) is 133 cm³/mol. The molecule has 4 unspecified atom stereocenters. The van der Waals surface area contributed by atoms with Gasteiger partial charge in [-0.05, 0) is 30.1 Å². The molecule has 0 aliphatic carbocycles. The van der Waals surface area contributed by atoms with Crippen LogP contribution in [0.15, 0.2) is 0 Å². The van der Waals surface area contributed by atoms with Crippen LogP contribution in [0.2, 0.25) is 0 Å². The molecule has 0 rings (SSSR count). The molecule has 30 heavy (non-hydrogen) atoms. The summed E-state index contributed by atoms with van der Waals surface area (Å²) in [6.45, 7) is 11.6. The van der Waals surface area contributed by atoms with Crippen LogP contribution < -0.4 is 0 Å². The Kier molecular flexibility index (Phi) is 20.0. The molecule has 0 aliphatic heterocycles. The minimum absolute atomic E-state index is 0.363. The Morgan fingerprint density at radius 3 is 1.33 bits per heavy atom. The van der Waals surface area contributed by atoms with Crippen molar-refractivity contribution >= 4 is 5.97 Å². The van der Waals surface area contributed by atoms with Gasteiger partial charge in [0, 0.05) is 6.42 Å². The number of hydrogen-bond acceptors (Lipinski definition) is 1. The molecule has 0 aromatic carbocycles. The molecule has 2 heteroatoms. The zero-order valence-corrected chi connectivity index (χ0v) is 21.4. The van der Waals surface area contributed by atoms with Crippen molar-refractivity contribution in [3.8, 4) is 0 Å². The van der Waals surface area contributed by atoms with Gasteiger partial charge in [-0.15, -0.1) is 0 Å². The van der Waals surface area contributed by atoms with Crippen molar-refractivity contribution in [1.29, 1.82) is 0 Å². The zero-order chi connectivity index (χ0) is 22.6. The van der Waals surface area contributed by atoms with Gasteiger partial charge in [-0.1, -0.05) is 137 Å². The number of carbonyl (C=O) groups is 1. The first-order valence-corrected chi connectivity index (χ1v) is 13.7. The molecule has 0 bridgehead atoms. The number of carboxylic acid groups (broad SMARTS) is 1. The van der Waals surface area contributed by atoms with Gasteiger partial charge >= 0.3 is 5.97 Å². The van der Waals surface area contributed by atoms with Crippen molar-refractivity contribution in [3.63, 3.8) is 0 Å². The van der Waals surface area contributed by atoms with E-state index >= 15 is 0 Å². The number of carboxylic acids is 1. The minimum Gasteiger partial charge on any atom is -0.481 e. The maximum atomic E-state index is 11.1. The van der Waals surface area contributed by atoms with E-state index in [1.165, 1.54) is 89.9 Å². The fourth-order valence-electron chi connectivity index (χ4n) is 5.47. The third kappa shape index (κ3) is 17.2. The van der Waals surface area contributed by atoms with E-state index in [-0.39, 0.29) is 0 Å². The normalized spacial score (nSPS) is 15.6. The summed E-state index contributed by atoms with van der Waals surface area (Å²) in [4.78, 5) is 11.1. The summed E-state index contributed by atoms with van der Waals surface area (Å²) in [5.74, 6) is 2.47. The molecule has 180 valence electrons. The van der Waals surface area contributed by atoms with Crippen LogP contribution in [0, 0.1) is 23.7 Å². The average Bonchev–Trinajstić information content (AvgIpc) is 2.68. The van der Waals surface area contributed by atoms with Gasteiger partial charge in [0.1, 0.15) is 0 Å². The molecule has 0 saturated heterocycles. The minimum atomic E-state index is -0.621. The van der Waals surface area contributed by atoms with E-state index in [2.05, 4.69) is 34.6 Å². The second-order valence-corrected chi connectivity index (χ2v) is 10.2. The highest BCUT2D eigenvalue weighted by Crippen LogP contribution is 2.28. The topological polar surface area (TPSA) is 37.3 Å². The summed E-state index contributed by atoms with van der Waals surface area (Å²) in [6.07, 6.45) is 22.7. The molecular weight excluding hydrogens is 368 g/mol. The van der Waals surface area contributed by atoms with E-state index in [9.17, 15) is 4.79 Å². The van der Waals surface area contributed by atoms with Gasteiger partial charge < -0.3 is 5.11 Å². The van der Waals surface area contributed by atoms with Crippen molar-refractivity contribution in [3.05, 3.63) is 0 Å². The fraction of sp³-hybridized carbons (Fsp3) is 0.964. The molecule has 0 amide bonds. The van der Waals surface area contributed by atoms with Crippen LogP contribution in [0.25, 0.3) is 0 Å². The lowest BCUT2D eigenvalue weighted by atomic mass is 9.85. The van der Waals surface area contributed by atoms with Crippen molar-refractivity contribution in [2.75, 3.05) is 0 Å². The average molecular weight is 425 g/mol. The maximum Gasteiger partial charge on any atom is 0.303 e. The summed E-state index contributed by atoms with van der Waals surface area (Å²) in [7, 11) is 0. The van der Waals surface area contributed by atoms with Crippen LogP contribution in [0.4, 0.5) is 0 Å². The number of hydrogen-bond donors (Lipinski definition) is 1. The quantitative estimate of drug-likeness (QED) is 0.188. The van der Waals surface area contributed by atoms with Gasteiger partial charge in [-0.2, -0.15) is 0 Å². The maximum absolute atomic E-state index is 11.1. The SMILES string of the molecule is CCCC(C)CCCC(CCC)CCCC(CCC)CCCC(CCC)CC(=O)O. The Morgan fingerprint density at radius 2 is 0.933 bits per heavy atom. The lowest BCUT2D eigenvalue weighted by Gasteiger charge is -2.21. The monoisotopic (exact) mass is 424 g/mol. The second kappa shape index (κ2) is 20.4. The standard InChI is InChI=1S/C28H56O2/c1-6-13-24(5)17-10-18-25(14-7-2)19-11-20-26(15-8-3)21-12-22-27(16-9-4)23-28(29)30/h24-27H,6-23H2,1-5H3,(H,29,30). The second-order valence-electron chi connectivity index (χ2n) is 10.2. The molecule has 0 saturated carbocycles. The van der Waals surface area contributed by atoms with E-state index in [1.54, 1.807) is 0 Å². The summed E-state index contributed by atoms with van der Waals surface area (Å²) < 4.78 is 0. The molecule has 0 aromatic rings. The predicted octanol–water partition coefficient (Wildman–Crippen LogP) is 9.66. The molecule has 0 fully saturated rings. The Bertz CT molecular complexity index is 379. The van der Waals surface area contributed by atoms with Crippen molar-refractivity contribution in [2.45, 2.75) is 150 Å². The van der Waals surface area contributed by atoms with Crippen molar-refractivity contribution in [2.24, 2.45) is 23.7 Å². The highest BCUT2D eigenvalue weighted by atomic mass is 16.4. The molecule has 0 spiro atoms. The molecule has 4 atom stereocenters. The Hall–Kier alpha value is -0.530. The van der Waals surface area contributed by atoms with Gasteiger partial charge in [0.2, 0.25) is 0 Å². The van der Waals surface area contributed by atoms with E-state index in [1.807, 2.05) is 0 Å². The van der Waals surface area contributed by atoms with E-state index in [0.717, 1.165) is 37.0 Å². The zero-order valence-electron chi connectivity index (χ0n) is 21.4. The summed E-state index contributed by atoms with van der Waals surface area (Å²) in [5, 5.41) is 9.13. The molecular formula is C28H56O2. The van der Waals surface area contributed by atoms with Gasteiger partial charge in [-0.25, -0.2) is 0 Å². The van der Waals surface area contributed by atoms with Gasteiger partial charge in [-0.3, -0.25) is 4.79 Å². The van der Waals surface area contributed by atoms with Crippen LogP contribution >= 0.6 is 0 Å². The van der Waals surface area contributed by atoms with Gasteiger partial charge in [0.15, 0.2) is 0 Å². The van der Waals surface area contributed by atoms with Crippen LogP contribution in [0.3, 0.4) is 0 Å². The molecule has 0 radical (unpaired) electrons. The Morgan fingerprint density at radius 1 is 0.567 bits per heavy atom. The molecule has 0 heterocycles. The van der Waals surface area contributed by atoms with E-state index in [4.69, 9.17) is 5.11 Å². The summed E-state index contributed by atoms with van der Waals surface area (Å²) in [5.41, 5.74) is 0. The van der Waals surface area contributed by atoms with Crippen molar-refractivity contribution in [1.82, 2.24) is 0 Å². The van der Waals surface area contributed by atoms with E-state index in [0.29, 0.717) is 12.3 Å². The first-order chi connectivity index (χ1) is 14.5. The third-order valence-corrected chi connectivity index (χ3v) is 7.09. The van der Waals surface area contributed by atoms with Crippen LogP contribution in [-0.2, 0) is 4.79 Å². The third-order valence-electron chi connectivity index (χ3n) is 7.09. The lowest BCUT2D eigenvalue weighted by molar-refractivity contribution is -0.138. The summed E-state index contributed by atoms with van der Waals surface area (Å²) in [6, 6.07) is 0. The summed E-state index contributed by atoms with van der Waals surface area (Å²) >= 11 is 0. The fourth-order valence-corrected chi connectivity index (χ4v) is 5.47. The van der Waals surface area contributed by atoms with Crippen LogP contribution in [-0.4, -0.2) is 11.1 Å². The lowest BCUT2D eigenvalue weighted by Crippen LogP contribution is -2.09. The molecule has 0 aromatic heterocycles. The van der Waals surface area contributed by atoms with Gasteiger partial charge in [0.05, 0.1) is 0 Å². The van der Waals surface area contributed by atoms with Crippen LogP contribution in [0.1, 0.15) is 150 Å². The highest BCUT2D eigenvalue weighted by Gasteiger charge is 2.15. The largest absolute Gasteiger partial charge is 0.481 e. The first kappa shape index (κ1) is 29.5. The molecule has 0 aliphatic rings. The number of rotatable bonds is 22. The highest BCUT2D eigenvalue weighted by molar-refractivity contribution is 5.66. The molecule has 1 N–H and O–H groups in total.